The minimum Gasteiger partial charge on any atom is -0.369 e. The lowest BCUT2D eigenvalue weighted by Gasteiger charge is -2.36. The maximum Gasteiger partial charge on any atom is 0.208 e. The Morgan fingerprint density at radius 1 is 1.07 bits per heavy atom. The highest BCUT2D eigenvalue weighted by Crippen LogP contribution is 2.20. The molecule has 1 N–H and O–H groups in total. The molecule has 6 heteroatoms. The van der Waals surface area contributed by atoms with E-state index in [4.69, 9.17) is 11.6 Å². The molecule has 1 aromatic heterocycles. The number of rotatable bonds is 3. The molecule has 2 aromatic carbocycles. The van der Waals surface area contributed by atoms with Crippen LogP contribution in [0.5, 0.6) is 0 Å². The van der Waals surface area contributed by atoms with Crippen molar-refractivity contribution in [1.82, 2.24) is 9.88 Å². The number of aromatic amines is 1. The van der Waals surface area contributed by atoms with Gasteiger partial charge in [0.15, 0.2) is 0 Å². The van der Waals surface area contributed by atoms with Crippen LogP contribution in [-0.4, -0.2) is 36.1 Å². The number of anilines is 1. The summed E-state index contributed by atoms with van der Waals surface area (Å²) in [6.45, 7) is 6.33. The molecule has 0 bridgehead atoms. The van der Waals surface area contributed by atoms with Gasteiger partial charge in [0.25, 0.3) is 0 Å². The first kappa shape index (κ1) is 18.0. The summed E-state index contributed by atoms with van der Waals surface area (Å²) in [4.78, 5) is 20.1. The van der Waals surface area contributed by atoms with Crippen molar-refractivity contribution in [3.63, 3.8) is 0 Å². The third-order valence-corrected chi connectivity index (χ3v) is 5.60. The number of hydrogen-bond acceptors (Lipinski definition) is 3. The molecule has 3 aromatic rings. The number of benzene rings is 2. The molecular formula is C21H21ClFN3O. The summed E-state index contributed by atoms with van der Waals surface area (Å²) >= 11 is 6.05. The van der Waals surface area contributed by atoms with Crippen LogP contribution in [0.25, 0.3) is 10.9 Å². The van der Waals surface area contributed by atoms with Crippen LogP contribution in [0.4, 0.5) is 10.1 Å². The van der Waals surface area contributed by atoms with Gasteiger partial charge in [-0.05, 0) is 48.9 Å². The summed E-state index contributed by atoms with van der Waals surface area (Å²) in [6, 6.07) is 12.6. The van der Waals surface area contributed by atoms with E-state index in [0.29, 0.717) is 11.1 Å². The number of halogens is 2. The van der Waals surface area contributed by atoms with E-state index >= 15 is 0 Å². The Bertz CT molecular complexity index is 1020. The van der Waals surface area contributed by atoms with Crippen LogP contribution in [0.3, 0.4) is 0 Å². The zero-order chi connectivity index (χ0) is 19.0. The third-order valence-electron chi connectivity index (χ3n) is 5.15. The fourth-order valence-electron chi connectivity index (χ4n) is 3.61. The van der Waals surface area contributed by atoms with Gasteiger partial charge >= 0.3 is 0 Å². The molecule has 2 heterocycles. The van der Waals surface area contributed by atoms with E-state index in [-0.39, 0.29) is 16.3 Å². The SMILES string of the molecule is Cc1[nH]c2cc(CN3CCN(c4ccc(F)cc4)CC3)ccc2c(=O)c1Cl. The van der Waals surface area contributed by atoms with Crippen molar-refractivity contribution in [2.75, 3.05) is 31.1 Å². The van der Waals surface area contributed by atoms with Gasteiger partial charge in [-0.1, -0.05) is 17.7 Å². The number of aryl methyl sites for hydroxylation is 1. The Hall–Kier alpha value is -2.37. The van der Waals surface area contributed by atoms with Crippen molar-refractivity contribution in [3.8, 4) is 0 Å². The second-order valence-corrected chi connectivity index (χ2v) is 7.39. The molecular weight excluding hydrogens is 365 g/mol. The summed E-state index contributed by atoms with van der Waals surface area (Å²) in [5.41, 5.74) is 3.62. The number of H-pyrrole nitrogens is 1. The summed E-state index contributed by atoms with van der Waals surface area (Å²) in [6.07, 6.45) is 0. The summed E-state index contributed by atoms with van der Waals surface area (Å²) in [7, 11) is 0. The van der Waals surface area contributed by atoms with Gasteiger partial charge in [0.2, 0.25) is 5.43 Å². The Morgan fingerprint density at radius 2 is 1.78 bits per heavy atom. The zero-order valence-corrected chi connectivity index (χ0v) is 15.9. The van der Waals surface area contributed by atoms with Gasteiger partial charge < -0.3 is 9.88 Å². The highest BCUT2D eigenvalue weighted by Gasteiger charge is 2.18. The van der Waals surface area contributed by atoms with Crippen molar-refractivity contribution in [2.45, 2.75) is 13.5 Å². The lowest BCUT2D eigenvalue weighted by atomic mass is 10.1. The van der Waals surface area contributed by atoms with Gasteiger partial charge in [-0.25, -0.2) is 4.39 Å². The number of piperazine rings is 1. The smallest absolute Gasteiger partial charge is 0.208 e. The van der Waals surface area contributed by atoms with Crippen molar-refractivity contribution >= 4 is 28.2 Å². The molecule has 0 aliphatic carbocycles. The van der Waals surface area contributed by atoms with E-state index in [1.807, 2.05) is 37.3 Å². The van der Waals surface area contributed by atoms with Crippen molar-refractivity contribution < 1.29 is 4.39 Å². The number of fused-ring (bicyclic) bond motifs is 1. The van der Waals surface area contributed by atoms with Crippen LogP contribution in [0.15, 0.2) is 47.3 Å². The minimum absolute atomic E-state index is 0.123. The minimum atomic E-state index is -0.205. The number of hydrogen-bond donors (Lipinski definition) is 1. The van der Waals surface area contributed by atoms with Crippen molar-refractivity contribution in [3.05, 3.63) is 74.8 Å². The average Bonchev–Trinajstić information content (AvgIpc) is 2.67. The van der Waals surface area contributed by atoms with E-state index in [0.717, 1.165) is 49.5 Å². The molecule has 0 amide bonds. The third kappa shape index (κ3) is 3.70. The van der Waals surface area contributed by atoms with E-state index < -0.39 is 0 Å². The Labute approximate surface area is 162 Å². The van der Waals surface area contributed by atoms with Crippen LogP contribution in [0.1, 0.15) is 11.3 Å². The summed E-state index contributed by atoms with van der Waals surface area (Å²) in [5, 5.41) is 0.877. The number of pyridine rings is 1. The standard InChI is InChI=1S/C21H21ClFN3O/c1-14-20(22)21(27)18-7-2-15(12-19(18)24-14)13-25-8-10-26(11-9-25)17-5-3-16(23)4-6-17/h2-7,12H,8-11,13H2,1H3,(H,24,27). The Kier molecular flexibility index (Phi) is 4.89. The largest absolute Gasteiger partial charge is 0.369 e. The molecule has 1 aliphatic heterocycles. The number of nitrogens with zero attached hydrogens (tertiary/aromatic N) is 2. The molecule has 27 heavy (non-hydrogen) atoms. The lowest BCUT2D eigenvalue weighted by Crippen LogP contribution is -2.45. The van der Waals surface area contributed by atoms with Crippen LogP contribution in [0, 0.1) is 12.7 Å². The van der Waals surface area contributed by atoms with Gasteiger partial charge in [0, 0.05) is 55.0 Å². The van der Waals surface area contributed by atoms with E-state index in [1.165, 1.54) is 12.1 Å². The van der Waals surface area contributed by atoms with Gasteiger partial charge in [0.05, 0.1) is 0 Å². The molecule has 0 spiro atoms. The first-order chi connectivity index (χ1) is 13.0. The van der Waals surface area contributed by atoms with Crippen LogP contribution in [-0.2, 0) is 6.54 Å². The van der Waals surface area contributed by atoms with Gasteiger partial charge in [0.1, 0.15) is 10.8 Å². The maximum absolute atomic E-state index is 13.1. The highest BCUT2D eigenvalue weighted by molar-refractivity contribution is 6.31. The molecule has 4 nitrogen and oxygen atoms in total. The topological polar surface area (TPSA) is 39.3 Å². The van der Waals surface area contributed by atoms with Crippen molar-refractivity contribution in [1.29, 1.82) is 0 Å². The fraction of sp³-hybridized carbons (Fsp3) is 0.286. The molecule has 1 fully saturated rings. The first-order valence-electron chi connectivity index (χ1n) is 9.05. The first-order valence-corrected chi connectivity index (χ1v) is 9.43. The highest BCUT2D eigenvalue weighted by atomic mass is 35.5. The molecule has 1 saturated heterocycles. The van der Waals surface area contributed by atoms with Gasteiger partial charge in [-0.3, -0.25) is 9.69 Å². The molecule has 0 unspecified atom stereocenters. The summed E-state index contributed by atoms with van der Waals surface area (Å²) < 4.78 is 13.1. The van der Waals surface area contributed by atoms with Crippen LogP contribution >= 0.6 is 11.6 Å². The predicted molar refractivity (Wildman–Crippen MR) is 108 cm³/mol. The van der Waals surface area contributed by atoms with E-state index in [2.05, 4.69) is 14.8 Å². The normalized spacial score (nSPS) is 15.4. The molecule has 0 radical (unpaired) electrons. The van der Waals surface area contributed by atoms with Crippen molar-refractivity contribution in [2.24, 2.45) is 0 Å². The monoisotopic (exact) mass is 385 g/mol. The quantitative estimate of drug-likeness (QED) is 0.742. The molecule has 1 aliphatic rings. The van der Waals surface area contributed by atoms with Crippen LogP contribution in [0.2, 0.25) is 5.02 Å². The number of nitrogens with one attached hydrogen (secondary N) is 1. The molecule has 4 rings (SSSR count). The second kappa shape index (κ2) is 7.33. The lowest BCUT2D eigenvalue weighted by molar-refractivity contribution is 0.250. The Balaban J connectivity index is 1.45. The average molecular weight is 386 g/mol. The molecule has 0 saturated carbocycles. The summed E-state index contributed by atoms with van der Waals surface area (Å²) in [5.74, 6) is -0.205. The number of aromatic nitrogens is 1. The predicted octanol–water partition coefficient (Wildman–Crippen LogP) is 3.95. The molecule has 0 atom stereocenters. The fourth-order valence-corrected chi connectivity index (χ4v) is 3.76. The van der Waals surface area contributed by atoms with Gasteiger partial charge in [-0.15, -0.1) is 0 Å². The Morgan fingerprint density at radius 3 is 2.48 bits per heavy atom. The maximum atomic E-state index is 13.1. The van der Waals surface area contributed by atoms with Gasteiger partial charge in [-0.2, -0.15) is 0 Å². The second-order valence-electron chi connectivity index (χ2n) is 7.01. The van der Waals surface area contributed by atoms with Crippen LogP contribution < -0.4 is 10.3 Å². The van der Waals surface area contributed by atoms with E-state index in [9.17, 15) is 9.18 Å². The molecule has 140 valence electrons. The van der Waals surface area contributed by atoms with E-state index in [1.54, 1.807) is 0 Å². The zero-order valence-electron chi connectivity index (χ0n) is 15.1.